The second kappa shape index (κ2) is 5.96. The monoisotopic (exact) mass is 333 g/mol. The normalized spacial score (nSPS) is 23.5. The number of hydrogen-bond donors (Lipinski definition) is 1. The minimum atomic E-state index is 0.425. The zero-order chi connectivity index (χ0) is 12.4. The Hall–Kier alpha value is 0.300. The van der Waals surface area contributed by atoms with Crippen molar-refractivity contribution in [3.8, 4) is 0 Å². The van der Waals surface area contributed by atoms with Crippen LogP contribution < -0.4 is 5.32 Å². The van der Waals surface area contributed by atoms with Crippen LogP contribution in [0.25, 0.3) is 0 Å². The van der Waals surface area contributed by atoms with E-state index in [9.17, 15) is 0 Å². The van der Waals surface area contributed by atoms with Gasteiger partial charge >= 0.3 is 0 Å². The molecule has 1 nitrogen and oxygen atoms in total. The van der Waals surface area contributed by atoms with Crippen LogP contribution in [0, 0.1) is 0 Å². The molecule has 0 bridgehead atoms. The van der Waals surface area contributed by atoms with Gasteiger partial charge in [-0.25, -0.2) is 0 Å². The van der Waals surface area contributed by atoms with E-state index in [-0.39, 0.29) is 0 Å². The number of thioether (sulfide) groups is 1. The van der Waals surface area contributed by atoms with Crippen molar-refractivity contribution in [1.29, 1.82) is 0 Å². The zero-order valence-electron chi connectivity index (χ0n) is 10.1. The predicted octanol–water partition coefficient (Wildman–Crippen LogP) is 4.78. The molecule has 0 spiro atoms. The largest absolute Gasteiger partial charge is 0.309 e. The fourth-order valence-electron chi connectivity index (χ4n) is 2.35. The van der Waals surface area contributed by atoms with Crippen molar-refractivity contribution in [2.45, 2.75) is 37.3 Å². The number of hydrogen-bond acceptors (Lipinski definition) is 2. The number of rotatable bonds is 3. The molecule has 2 rings (SSSR count). The van der Waals surface area contributed by atoms with E-state index in [1.165, 1.54) is 17.5 Å². The third-order valence-electron chi connectivity index (χ3n) is 3.17. The van der Waals surface area contributed by atoms with Crippen LogP contribution in [0.4, 0.5) is 0 Å². The van der Waals surface area contributed by atoms with E-state index < -0.39 is 0 Å². The highest BCUT2D eigenvalue weighted by Gasteiger charge is 2.29. The molecule has 0 amide bonds. The molecule has 0 aromatic heterocycles. The van der Waals surface area contributed by atoms with Crippen LogP contribution in [-0.2, 0) is 5.75 Å². The third kappa shape index (κ3) is 2.83. The molecule has 0 aliphatic carbocycles. The molecular weight excluding hydrogens is 318 g/mol. The lowest BCUT2D eigenvalue weighted by atomic mass is 9.96. The second-order valence-electron chi connectivity index (χ2n) is 4.25. The number of nitrogens with one attached hydrogen (secondary N) is 1. The average Bonchev–Trinajstić information content (AvgIpc) is 2.30. The first-order valence-electron chi connectivity index (χ1n) is 6.00. The summed E-state index contributed by atoms with van der Waals surface area (Å²) < 4.78 is 1.07. The average molecular weight is 335 g/mol. The molecule has 17 heavy (non-hydrogen) atoms. The van der Waals surface area contributed by atoms with E-state index >= 15 is 0 Å². The summed E-state index contributed by atoms with van der Waals surface area (Å²) in [5.74, 6) is 1.03. The van der Waals surface area contributed by atoms with Crippen LogP contribution in [0.5, 0.6) is 0 Å². The first-order chi connectivity index (χ1) is 8.17. The Morgan fingerprint density at radius 1 is 1.47 bits per heavy atom. The van der Waals surface area contributed by atoms with Gasteiger partial charge in [-0.15, -0.1) is 0 Å². The summed E-state index contributed by atoms with van der Waals surface area (Å²) in [6, 6.07) is 4.64. The molecule has 0 radical (unpaired) electrons. The van der Waals surface area contributed by atoms with Crippen molar-refractivity contribution < 1.29 is 0 Å². The van der Waals surface area contributed by atoms with E-state index in [4.69, 9.17) is 11.6 Å². The zero-order valence-corrected chi connectivity index (χ0v) is 13.3. The summed E-state index contributed by atoms with van der Waals surface area (Å²) in [5.41, 5.74) is 2.67. The summed E-state index contributed by atoms with van der Waals surface area (Å²) in [4.78, 5) is 0. The van der Waals surface area contributed by atoms with Crippen molar-refractivity contribution in [3.63, 3.8) is 0 Å². The van der Waals surface area contributed by atoms with E-state index in [0.29, 0.717) is 11.3 Å². The molecule has 2 unspecified atom stereocenters. The van der Waals surface area contributed by atoms with E-state index in [1.54, 1.807) is 0 Å². The van der Waals surface area contributed by atoms with Crippen LogP contribution in [-0.4, -0.2) is 11.8 Å². The molecule has 1 aromatic rings. The highest BCUT2D eigenvalue weighted by Crippen LogP contribution is 2.43. The number of halogens is 2. The van der Waals surface area contributed by atoms with Crippen molar-refractivity contribution in [2.24, 2.45) is 0 Å². The first kappa shape index (κ1) is 13.7. The lowest BCUT2D eigenvalue weighted by Crippen LogP contribution is -2.33. The van der Waals surface area contributed by atoms with E-state index in [0.717, 1.165) is 21.8 Å². The van der Waals surface area contributed by atoms with Gasteiger partial charge in [0.1, 0.15) is 0 Å². The van der Waals surface area contributed by atoms with Gasteiger partial charge in [0.15, 0.2) is 0 Å². The van der Waals surface area contributed by atoms with Gasteiger partial charge in [0.2, 0.25) is 0 Å². The molecule has 0 fully saturated rings. The summed E-state index contributed by atoms with van der Waals surface area (Å²) in [6.07, 6.45) is 1.19. The van der Waals surface area contributed by atoms with Gasteiger partial charge in [-0.3, -0.25) is 0 Å². The Morgan fingerprint density at radius 2 is 2.24 bits per heavy atom. The van der Waals surface area contributed by atoms with Crippen LogP contribution in [0.1, 0.15) is 37.4 Å². The molecule has 2 atom stereocenters. The smallest absolute Gasteiger partial charge is 0.0460 e. The molecule has 1 aliphatic rings. The fourth-order valence-corrected chi connectivity index (χ4v) is 4.71. The van der Waals surface area contributed by atoms with E-state index in [1.807, 2.05) is 17.8 Å². The predicted molar refractivity (Wildman–Crippen MR) is 80.9 cm³/mol. The highest BCUT2D eigenvalue weighted by atomic mass is 79.9. The molecule has 1 N–H and O–H groups in total. The number of benzene rings is 1. The van der Waals surface area contributed by atoms with Crippen LogP contribution in [0.15, 0.2) is 16.6 Å². The molecule has 1 heterocycles. The van der Waals surface area contributed by atoms with Crippen LogP contribution >= 0.6 is 39.3 Å². The molecule has 0 saturated heterocycles. The van der Waals surface area contributed by atoms with Crippen LogP contribution in [0.3, 0.4) is 0 Å². The molecule has 4 heteroatoms. The molecular formula is C13H17BrClNS. The standard InChI is InChI=1S/C13H17BrClNS/c1-3-12-13(16-4-2)9-5-8(14)6-11(15)10(9)7-17-12/h5-6,12-13,16H,3-4,7H2,1-2H3. The summed E-state index contributed by atoms with van der Waals surface area (Å²) in [6.45, 7) is 5.41. The maximum absolute atomic E-state index is 6.33. The summed E-state index contributed by atoms with van der Waals surface area (Å²) in [5, 5.41) is 5.13. The van der Waals surface area contributed by atoms with Crippen molar-refractivity contribution in [3.05, 3.63) is 32.8 Å². The second-order valence-corrected chi connectivity index (χ2v) is 6.80. The Balaban J connectivity index is 2.43. The fraction of sp³-hybridized carbons (Fsp3) is 0.538. The van der Waals surface area contributed by atoms with Gasteiger partial charge in [0.25, 0.3) is 0 Å². The summed E-state index contributed by atoms with van der Waals surface area (Å²) in [7, 11) is 0. The topological polar surface area (TPSA) is 12.0 Å². The van der Waals surface area contributed by atoms with Gasteiger partial charge in [-0.2, -0.15) is 11.8 Å². The molecule has 0 saturated carbocycles. The van der Waals surface area contributed by atoms with E-state index in [2.05, 4.69) is 41.2 Å². The Labute approximate surface area is 121 Å². The summed E-state index contributed by atoms with van der Waals surface area (Å²) >= 11 is 11.9. The number of fused-ring (bicyclic) bond motifs is 1. The van der Waals surface area contributed by atoms with Gasteiger partial charge in [0, 0.05) is 26.5 Å². The Bertz CT molecular complexity index is 411. The maximum Gasteiger partial charge on any atom is 0.0460 e. The lowest BCUT2D eigenvalue weighted by molar-refractivity contribution is 0.514. The van der Waals surface area contributed by atoms with Gasteiger partial charge in [0.05, 0.1) is 0 Å². The van der Waals surface area contributed by atoms with Crippen molar-refractivity contribution in [1.82, 2.24) is 5.32 Å². The van der Waals surface area contributed by atoms with Gasteiger partial charge in [-0.05, 0) is 36.2 Å². The molecule has 94 valence electrons. The Kier molecular flexibility index (Phi) is 4.81. The minimum Gasteiger partial charge on any atom is -0.309 e. The Morgan fingerprint density at radius 3 is 2.88 bits per heavy atom. The quantitative estimate of drug-likeness (QED) is 0.854. The SMILES string of the molecule is CCNC1c2cc(Br)cc(Cl)c2CSC1CC. The van der Waals surface area contributed by atoms with Crippen molar-refractivity contribution in [2.75, 3.05) is 6.54 Å². The molecule has 1 aliphatic heterocycles. The van der Waals surface area contributed by atoms with Crippen molar-refractivity contribution >= 4 is 39.3 Å². The maximum atomic E-state index is 6.33. The van der Waals surface area contributed by atoms with Gasteiger partial charge in [-0.1, -0.05) is 41.4 Å². The highest BCUT2D eigenvalue weighted by molar-refractivity contribution is 9.10. The third-order valence-corrected chi connectivity index (χ3v) is 5.45. The first-order valence-corrected chi connectivity index (χ1v) is 8.22. The molecule has 1 aromatic carbocycles. The minimum absolute atomic E-state index is 0.425. The van der Waals surface area contributed by atoms with Crippen LogP contribution in [0.2, 0.25) is 5.02 Å². The van der Waals surface area contributed by atoms with Gasteiger partial charge < -0.3 is 5.32 Å². The lowest BCUT2D eigenvalue weighted by Gasteiger charge is -2.34.